The van der Waals surface area contributed by atoms with Gasteiger partial charge >= 0.3 is 0 Å². The number of carbonyl (C=O) groups excluding carboxylic acids is 2. The maximum absolute atomic E-state index is 13.3. The zero-order valence-corrected chi connectivity index (χ0v) is 10.2. The lowest BCUT2D eigenvalue weighted by Crippen LogP contribution is -2.36. The van der Waals surface area contributed by atoms with Crippen LogP contribution in [-0.2, 0) is 10.4 Å². The first-order chi connectivity index (χ1) is 9.50. The van der Waals surface area contributed by atoms with E-state index in [1.54, 1.807) is 0 Å². The van der Waals surface area contributed by atoms with E-state index in [0.29, 0.717) is 5.69 Å². The number of benzene rings is 1. The van der Waals surface area contributed by atoms with Gasteiger partial charge in [-0.3, -0.25) is 9.59 Å². The molecule has 2 aromatic rings. The molecule has 3 rings (SSSR count). The smallest absolute Gasteiger partial charge is 0.261 e. The van der Waals surface area contributed by atoms with Gasteiger partial charge in [0.15, 0.2) is 11.4 Å². The van der Waals surface area contributed by atoms with Crippen LogP contribution in [0.25, 0.3) is 0 Å². The van der Waals surface area contributed by atoms with Gasteiger partial charge in [0, 0.05) is 11.3 Å². The Balaban J connectivity index is 1.98. The number of amides is 1. The Bertz CT molecular complexity index is 695. The van der Waals surface area contributed by atoms with Gasteiger partial charge in [0.05, 0.1) is 12.7 Å². The maximum atomic E-state index is 13.3. The molecule has 0 saturated carbocycles. The zero-order valence-electron chi connectivity index (χ0n) is 10.2. The number of ketones is 1. The third kappa shape index (κ3) is 1.81. The van der Waals surface area contributed by atoms with Crippen molar-refractivity contribution in [1.29, 1.82) is 0 Å². The fraction of sp³-hybridized carbons (Fsp3) is 0.143. The third-order valence-electron chi connectivity index (χ3n) is 3.26. The first-order valence-corrected chi connectivity index (χ1v) is 5.91. The molecular weight excluding hydrogens is 265 g/mol. The monoisotopic (exact) mass is 275 g/mol. The van der Waals surface area contributed by atoms with Crippen molar-refractivity contribution < 1.29 is 23.5 Å². The summed E-state index contributed by atoms with van der Waals surface area (Å²) in [6.45, 7) is 0. The lowest BCUT2D eigenvalue weighted by molar-refractivity contribution is -0.133. The molecule has 1 aromatic heterocycles. The molecule has 1 aliphatic rings. The molecule has 0 spiro atoms. The van der Waals surface area contributed by atoms with E-state index in [1.165, 1.54) is 30.5 Å². The highest BCUT2D eigenvalue weighted by Gasteiger charge is 2.47. The molecule has 0 bridgehead atoms. The van der Waals surface area contributed by atoms with E-state index in [9.17, 15) is 19.1 Å². The van der Waals surface area contributed by atoms with Crippen LogP contribution in [0.2, 0.25) is 0 Å². The average Bonchev–Trinajstić information content (AvgIpc) is 3.00. The van der Waals surface area contributed by atoms with E-state index in [1.807, 2.05) is 0 Å². The van der Waals surface area contributed by atoms with Crippen LogP contribution >= 0.6 is 0 Å². The SMILES string of the molecule is O=C(CC1(O)C(=O)Nc2ccc(F)cc21)c1ccco1. The van der Waals surface area contributed by atoms with E-state index in [4.69, 9.17) is 4.42 Å². The summed E-state index contributed by atoms with van der Waals surface area (Å²) >= 11 is 0. The molecule has 0 aliphatic carbocycles. The molecule has 2 heterocycles. The number of Topliss-reactive ketones (excluding diaryl/α,β-unsaturated/α-hetero) is 1. The van der Waals surface area contributed by atoms with E-state index in [-0.39, 0.29) is 11.3 Å². The Morgan fingerprint density at radius 2 is 2.20 bits per heavy atom. The molecule has 1 atom stereocenters. The lowest BCUT2D eigenvalue weighted by Gasteiger charge is -2.19. The van der Waals surface area contributed by atoms with Gasteiger partial charge in [0.25, 0.3) is 5.91 Å². The standard InChI is InChI=1S/C14H10FNO4/c15-8-3-4-10-9(6-8)14(19,13(18)16-10)7-11(17)12-2-1-5-20-12/h1-6,19H,7H2,(H,16,18). The Morgan fingerprint density at radius 1 is 1.40 bits per heavy atom. The van der Waals surface area contributed by atoms with Gasteiger partial charge in [-0.05, 0) is 30.3 Å². The summed E-state index contributed by atoms with van der Waals surface area (Å²) in [5.74, 6) is -1.84. The normalized spacial score (nSPS) is 20.6. The third-order valence-corrected chi connectivity index (χ3v) is 3.26. The van der Waals surface area contributed by atoms with Crippen LogP contribution in [0.1, 0.15) is 22.5 Å². The lowest BCUT2D eigenvalue weighted by atomic mass is 9.89. The van der Waals surface area contributed by atoms with Gasteiger partial charge in [-0.15, -0.1) is 0 Å². The molecule has 102 valence electrons. The number of nitrogens with one attached hydrogen (secondary N) is 1. The highest BCUT2D eigenvalue weighted by atomic mass is 19.1. The van der Waals surface area contributed by atoms with E-state index in [0.717, 1.165) is 6.07 Å². The summed E-state index contributed by atoms with van der Waals surface area (Å²) < 4.78 is 18.2. The first kappa shape index (κ1) is 12.6. The summed E-state index contributed by atoms with van der Waals surface area (Å²) in [5.41, 5.74) is -1.73. The fourth-order valence-corrected chi connectivity index (χ4v) is 2.25. The number of furan rings is 1. The largest absolute Gasteiger partial charge is 0.461 e. The fourth-order valence-electron chi connectivity index (χ4n) is 2.25. The topological polar surface area (TPSA) is 79.5 Å². The van der Waals surface area contributed by atoms with Gasteiger partial charge in [0.2, 0.25) is 5.78 Å². The van der Waals surface area contributed by atoms with Gasteiger partial charge in [-0.25, -0.2) is 4.39 Å². The highest BCUT2D eigenvalue weighted by molar-refractivity contribution is 6.08. The zero-order chi connectivity index (χ0) is 14.3. The van der Waals surface area contributed by atoms with Crippen molar-refractivity contribution in [3.05, 3.63) is 53.7 Å². The van der Waals surface area contributed by atoms with Crippen molar-refractivity contribution in [2.24, 2.45) is 0 Å². The summed E-state index contributed by atoms with van der Waals surface area (Å²) in [7, 11) is 0. The predicted octanol–water partition coefficient (Wildman–Crippen LogP) is 1.83. The van der Waals surface area contributed by atoms with Crippen LogP contribution < -0.4 is 5.32 Å². The molecule has 1 aliphatic heterocycles. The van der Waals surface area contributed by atoms with Crippen molar-refractivity contribution >= 4 is 17.4 Å². The molecule has 2 N–H and O–H groups in total. The number of hydrogen-bond acceptors (Lipinski definition) is 4. The minimum absolute atomic E-state index is 0.0380. The summed E-state index contributed by atoms with van der Waals surface area (Å²) in [6.07, 6.45) is 0.808. The summed E-state index contributed by atoms with van der Waals surface area (Å²) in [4.78, 5) is 23.9. The Hall–Kier alpha value is -2.47. The van der Waals surface area contributed by atoms with Crippen molar-refractivity contribution in [3.63, 3.8) is 0 Å². The van der Waals surface area contributed by atoms with Crippen LogP contribution in [0.4, 0.5) is 10.1 Å². The van der Waals surface area contributed by atoms with E-state index >= 15 is 0 Å². The highest BCUT2D eigenvalue weighted by Crippen LogP contribution is 2.39. The second-order valence-electron chi connectivity index (χ2n) is 4.58. The number of fused-ring (bicyclic) bond motifs is 1. The molecule has 20 heavy (non-hydrogen) atoms. The Morgan fingerprint density at radius 3 is 2.90 bits per heavy atom. The van der Waals surface area contributed by atoms with E-state index < -0.39 is 29.5 Å². The molecule has 6 heteroatoms. The number of rotatable bonds is 3. The Kier molecular flexibility index (Phi) is 2.69. The molecule has 0 radical (unpaired) electrons. The van der Waals surface area contributed by atoms with Crippen LogP contribution in [0.15, 0.2) is 41.0 Å². The van der Waals surface area contributed by atoms with Gasteiger partial charge < -0.3 is 14.8 Å². The molecule has 1 aromatic carbocycles. The van der Waals surface area contributed by atoms with Crippen LogP contribution in [0, 0.1) is 5.82 Å². The predicted molar refractivity (Wildman–Crippen MR) is 66.6 cm³/mol. The van der Waals surface area contributed by atoms with Gasteiger partial charge in [-0.1, -0.05) is 0 Å². The Labute approximate surface area is 113 Å². The molecular formula is C14H10FNO4. The van der Waals surface area contributed by atoms with E-state index in [2.05, 4.69) is 5.32 Å². The second-order valence-corrected chi connectivity index (χ2v) is 4.58. The van der Waals surface area contributed by atoms with Gasteiger partial charge in [-0.2, -0.15) is 0 Å². The summed E-state index contributed by atoms with van der Waals surface area (Å²) in [5, 5.41) is 12.9. The quantitative estimate of drug-likeness (QED) is 0.837. The minimum atomic E-state index is -2.08. The number of halogens is 1. The first-order valence-electron chi connectivity index (χ1n) is 5.91. The molecule has 1 amide bonds. The number of aliphatic hydroxyl groups is 1. The average molecular weight is 275 g/mol. The van der Waals surface area contributed by atoms with Crippen molar-refractivity contribution in [1.82, 2.24) is 0 Å². The van der Waals surface area contributed by atoms with Crippen LogP contribution in [0.3, 0.4) is 0 Å². The number of anilines is 1. The molecule has 0 fully saturated rings. The number of hydrogen-bond donors (Lipinski definition) is 2. The van der Waals surface area contributed by atoms with Crippen molar-refractivity contribution in [2.45, 2.75) is 12.0 Å². The van der Waals surface area contributed by atoms with Crippen molar-refractivity contribution in [3.8, 4) is 0 Å². The number of carbonyl (C=O) groups is 2. The van der Waals surface area contributed by atoms with Crippen molar-refractivity contribution in [2.75, 3.05) is 5.32 Å². The molecule has 5 nitrogen and oxygen atoms in total. The summed E-state index contributed by atoms with van der Waals surface area (Å²) in [6, 6.07) is 6.52. The molecule has 1 unspecified atom stereocenters. The maximum Gasteiger partial charge on any atom is 0.261 e. The van der Waals surface area contributed by atoms with Gasteiger partial charge in [0.1, 0.15) is 5.82 Å². The second kappa shape index (κ2) is 4.28. The minimum Gasteiger partial charge on any atom is -0.461 e. The van der Waals surface area contributed by atoms with Crippen LogP contribution in [-0.4, -0.2) is 16.8 Å². The van der Waals surface area contributed by atoms with Crippen LogP contribution in [0.5, 0.6) is 0 Å². The molecule has 0 saturated heterocycles.